The third-order valence-electron chi connectivity index (χ3n) is 1.22. The van der Waals surface area contributed by atoms with E-state index in [0.717, 1.165) is 19.6 Å². The molecule has 1 heterocycles. The van der Waals surface area contributed by atoms with Gasteiger partial charge in [0, 0.05) is 18.8 Å². The Morgan fingerprint density at radius 3 is 3.00 bits per heavy atom. The van der Waals surface area contributed by atoms with Gasteiger partial charge in [-0.05, 0) is 6.42 Å². The highest BCUT2D eigenvalue weighted by molar-refractivity contribution is 8.14. The highest BCUT2D eigenvalue weighted by Crippen LogP contribution is 2.20. The van der Waals surface area contributed by atoms with Crippen LogP contribution in [0.1, 0.15) is 13.3 Å². The minimum atomic E-state index is 0.200. The molecule has 0 aromatic heterocycles. The molecule has 0 amide bonds. The Labute approximate surface area is 59.0 Å². The molecule has 0 radical (unpaired) electrons. The van der Waals surface area contributed by atoms with Gasteiger partial charge in [-0.25, -0.2) is 0 Å². The molecule has 0 aromatic rings. The monoisotopic (exact) mass is 146 g/mol. The molecule has 1 atom stereocenters. The van der Waals surface area contributed by atoms with Crippen LogP contribution >= 0.6 is 11.8 Å². The molecular formula is C6H10O2S. The molecule has 0 aromatic carbocycles. The summed E-state index contributed by atoms with van der Waals surface area (Å²) in [5.74, 6) is 0. The largest absolute Gasteiger partial charge is 0.380 e. The van der Waals surface area contributed by atoms with Gasteiger partial charge in [-0.3, -0.25) is 4.79 Å². The zero-order chi connectivity index (χ0) is 6.69. The van der Waals surface area contributed by atoms with Crippen molar-refractivity contribution in [2.75, 3.05) is 13.2 Å². The summed E-state index contributed by atoms with van der Waals surface area (Å²) in [6, 6.07) is 0. The van der Waals surface area contributed by atoms with E-state index in [-0.39, 0.29) is 5.12 Å². The Morgan fingerprint density at radius 1 is 1.78 bits per heavy atom. The fraction of sp³-hybridized carbons (Fsp3) is 0.833. The molecular weight excluding hydrogens is 136 g/mol. The second-order valence-corrected chi connectivity index (χ2v) is 3.57. The van der Waals surface area contributed by atoms with Crippen LogP contribution in [0.4, 0.5) is 0 Å². The first-order valence-electron chi connectivity index (χ1n) is 3.04. The van der Waals surface area contributed by atoms with Gasteiger partial charge in [0.2, 0.25) is 0 Å². The van der Waals surface area contributed by atoms with Gasteiger partial charge < -0.3 is 4.74 Å². The predicted molar refractivity (Wildman–Crippen MR) is 37.5 cm³/mol. The lowest BCUT2D eigenvalue weighted by Crippen LogP contribution is -2.03. The fourth-order valence-corrected chi connectivity index (χ4v) is 1.69. The van der Waals surface area contributed by atoms with Crippen LogP contribution in [0.3, 0.4) is 0 Å². The minimum absolute atomic E-state index is 0.200. The molecule has 0 N–H and O–H groups in total. The maximum absolute atomic E-state index is 10.5. The van der Waals surface area contributed by atoms with E-state index in [1.165, 1.54) is 11.8 Å². The maximum atomic E-state index is 10.5. The summed E-state index contributed by atoms with van der Waals surface area (Å²) in [5, 5.41) is 0.632. The SMILES string of the molecule is CC(=O)S[C@H]1CCOC1. The van der Waals surface area contributed by atoms with E-state index in [1.54, 1.807) is 6.92 Å². The summed E-state index contributed by atoms with van der Waals surface area (Å²) in [7, 11) is 0. The average molecular weight is 146 g/mol. The van der Waals surface area contributed by atoms with Crippen molar-refractivity contribution in [3.8, 4) is 0 Å². The summed E-state index contributed by atoms with van der Waals surface area (Å²) < 4.78 is 5.08. The highest BCUT2D eigenvalue weighted by Gasteiger charge is 2.17. The molecule has 1 aliphatic rings. The molecule has 0 aliphatic carbocycles. The molecule has 3 heteroatoms. The number of thioether (sulfide) groups is 1. The normalized spacial score (nSPS) is 26.6. The van der Waals surface area contributed by atoms with Crippen molar-refractivity contribution in [3.63, 3.8) is 0 Å². The number of hydrogen-bond acceptors (Lipinski definition) is 3. The molecule has 1 saturated heterocycles. The van der Waals surface area contributed by atoms with Crippen LogP contribution in [-0.4, -0.2) is 23.6 Å². The second kappa shape index (κ2) is 3.22. The zero-order valence-electron chi connectivity index (χ0n) is 5.42. The number of ether oxygens (including phenoxy) is 1. The predicted octanol–water partition coefficient (Wildman–Crippen LogP) is 1.05. The van der Waals surface area contributed by atoms with Crippen LogP contribution in [0.25, 0.3) is 0 Å². The number of hydrogen-bond donors (Lipinski definition) is 0. The number of rotatable bonds is 1. The van der Waals surface area contributed by atoms with Crippen LogP contribution in [0.2, 0.25) is 0 Å². The third-order valence-corrected chi connectivity index (χ3v) is 2.26. The van der Waals surface area contributed by atoms with Crippen molar-refractivity contribution >= 4 is 16.9 Å². The summed E-state index contributed by atoms with van der Waals surface area (Å²) >= 11 is 1.40. The van der Waals surface area contributed by atoms with Gasteiger partial charge in [-0.2, -0.15) is 0 Å². The lowest BCUT2D eigenvalue weighted by molar-refractivity contribution is -0.109. The summed E-state index contributed by atoms with van der Waals surface area (Å²) in [6.07, 6.45) is 1.03. The van der Waals surface area contributed by atoms with Crippen molar-refractivity contribution in [1.82, 2.24) is 0 Å². The Kier molecular flexibility index (Phi) is 2.54. The van der Waals surface area contributed by atoms with Crippen LogP contribution in [0.5, 0.6) is 0 Å². The molecule has 0 spiro atoms. The fourth-order valence-electron chi connectivity index (χ4n) is 0.841. The zero-order valence-corrected chi connectivity index (χ0v) is 6.24. The van der Waals surface area contributed by atoms with E-state index in [0.29, 0.717) is 5.25 Å². The van der Waals surface area contributed by atoms with Gasteiger partial charge in [0.25, 0.3) is 0 Å². The van der Waals surface area contributed by atoms with Crippen molar-refractivity contribution in [2.45, 2.75) is 18.6 Å². The lowest BCUT2D eigenvalue weighted by Gasteiger charge is -2.00. The van der Waals surface area contributed by atoms with Gasteiger partial charge >= 0.3 is 0 Å². The summed E-state index contributed by atoms with van der Waals surface area (Å²) in [6.45, 7) is 3.18. The number of carbonyl (C=O) groups excluding carboxylic acids is 1. The second-order valence-electron chi connectivity index (χ2n) is 2.10. The molecule has 9 heavy (non-hydrogen) atoms. The van der Waals surface area contributed by atoms with Gasteiger partial charge in [0.05, 0.1) is 6.61 Å². The van der Waals surface area contributed by atoms with Crippen molar-refractivity contribution in [1.29, 1.82) is 0 Å². The first-order valence-corrected chi connectivity index (χ1v) is 3.92. The van der Waals surface area contributed by atoms with E-state index in [2.05, 4.69) is 0 Å². The summed E-state index contributed by atoms with van der Waals surface area (Å²) in [5.41, 5.74) is 0. The highest BCUT2D eigenvalue weighted by atomic mass is 32.2. The van der Waals surface area contributed by atoms with E-state index in [9.17, 15) is 4.79 Å². The average Bonchev–Trinajstić information content (AvgIpc) is 2.15. The quantitative estimate of drug-likeness (QED) is 0.553. The summed E-state index contributed by atoms with van der Waals surface area (Å²) in [4.78, 5) is 10.5. The lowest BCUT2D eigenvalue weighted by atomic mass is 10.4. The first kappa shape index (κ1) is 7.09. The van der Waals surface area contributed by atoms with Crippen LogP contribution in [0, 0.1) is 0 Å². The van der Waals surface area contributed by atoms with Crippen LogP contribution in [-0.2, 0) is 9.53 Å². The van der Waals surface area contributed by atoms with Gasteiger partial charge in [-0.15, -0.1) is 0 Å². The minimum Gasteiger partial charge on any atom is -0.380 e. The number of carbonyl (C=O) groups is 1. The van der Waals surface area contributed by atoms with E-state index in [1.807, 2.05) is 0 Å². The molecule has 0 bridgehead atoms. The molecule has 52 valence electrons. The van der Waals surface area contributed by atoms with E-state index < -0.39 is 0 Å². The maximum Gasteiger partial charge on any atom is 0.186 e. The van der Waals surface area contributed by atoms with Crippen molar-refractivity contribution in [2.24, 2.45) is 0 Å². The smallest absolute Gasteiger partial charge is 0.186 e. The Balaban J connectivity index is 2.19. The molecule has 1 rings (SSSR count). The Morgan fingerprint density at radius 2 is 2.56 bits per heavy atom. The van der Waals surface area contributed by atoms with E-state index >= 15 is 0 Å². The van der Waals surface area contributed by atoms with Gasteiger partial charge in [0.1, 0.15) is 0 Å². The molecule has 2 nitrogen and oxygen atoms in total. The van der Waals surface area contributed by atoms with Crippen LogP contribution < -0.4 is 0 Å². The molecule has 1 fully saturated rings. The third kappa shape index (κ3) is 2.37. The molecule has 0 saturated carbocycles. The van der Waals surface area contributed by atoms with Crippen molar-refractivity contribution < 1.29 is 9.53 Å². The van der Waals surface area contributed by atoms with Crippen LogP contribution in [0.15, 0.2) is 0 Å². The molecule has 1 aliphatic heterocycles. The van der Waals surface area contributed by atoms with E-state index in [4.69, 9.17) is 4.74 Å². The van der Waals surface area contributed by atoms with Crippen molar-refractivity contribution in [3.05, 3.63) is 0 Å². The topological polar surface area (TPSA) is 26.3 Å². The first-order chi connectivity index (χ1) is 4.29. The molecule has 0 unspecified atom stereocenters. The Bertz CT molecular complexity index is 108. The van der Waals surface area contributed by atoms with Gasteiger partial charge in [-0.1, -0.05) is 11.8 Å². The standard InChI is InChI=1S/C6H10O2S/c1-5(7)9-6-2-3-8-4-6/h6H,2-4H2,1H3/t6-/m0/s1. The van der Waals surface area contributed by atoms with Gasteiger partial charge in [0.15, 0.2) is 5.12 Å². The Hall–Kier alpha value is -0.0200.